The fourth-order valence-corrected chi connectivity index (χ4v) is 1.37. The van der Waals surface area contributed by atoms with Crippen LogP contribution in [0.4, 0.5) is 22.0 Å². The Morgan fingerprint density at radius 2 is 1.95 bits per heavy atom. The number of alkyl halides is 5. The number of methoxy groups -OCH3 is 1. The fraction of sp³-hybridized carbons (Fsp3) is 0.273. The maximum absolute atomic E-state index is 12.6. The second-order valence-corrected chi connectivity index (χ2v) is 3.38. The van der Waals surface area contributed by atoms with Gasteiger partial charge in [-0.1, -0.05) is 0 Å². The molecule has 0 aliphatic heterocycles. The summed E-state index contributed by atoms with van der Waals surface area (Å²) >= 11 is 0. The number of hydrogen-bond donors (Lipinski definition) is 0. The van der Waals surface area contributed by atoms with E-state index in [1.807, 2.05) is 0 Å². The van der Waals surface area contributed by atoms with Gasteiger partial charge in [0.1, 0.15) is 17.4 Å². The number of benzene rings is 1. The zero-order valence-corrected chi connectivity index (χ0v) is 9.79. The molecule has 0 aliphatic carbocycles. The lowest BCUT2D eigenvalue weighted by Gasteiger charge is -2.14. The van der Waals surface area contributed by atoms with Crippen molar-refractivity contribution in [3.63, 3.8) is 0 Å². The third-order valence-corrected chi connectivity index (χ3v) is 2.16. The van der Waals surface area contributed by atoms with Crippen molar-refractivity contribution < 1.29 is 36.2 Å². The zero-order valence-electron chi connectivity index (χ0n) is 9.79. The molecule has 0 spiro atoms. The number of hydrogen-bond acceptors (Lipinski definition) is 4. The van der Waals surface area contributed by atoms with Crippen LogP contribution in [-0.2, 0) is 10.9 Å². The number of ether oxygens (including phenoxy) is 2. The third kappa shape index (κ3) is 3.34. The van der Waals surface area contributed by atoms with Gasteiger partial charge < -0.3 is 9.47 Å². The van der Waals surface area contributed by atoms with Crippen LogP contribution in [0.25, 0.3) is 0 Å². The van der Waals surface area contributed by atoms with Crippen molar-refractivity contribution in [1.82, 2.24) is 0 Å². The predicted octanol–water partition coefficient (Wildman–Crippen LogP) is 2.97. The third-order valence-electron chi connectivity index (χ3n) is 2.16. The van der Waals surface area contributed by atoms with Crippen LogP contribution in [0.3, 0.4) is 0 Å². The Labute approximate surface area is 109 Å². The Morgan fingerprint density at radius 1 is 1.35 bits per heavy atom. The fourth-order valence-electron chi connectivity index (χ4n) is 1.37. The van der Waals surface area contributed by atoms with Gasteiger partial charge in [-0.2, -0.15) is 27.2 Å². The van der Waals surface area contributed by atoms with Gasteiger partial charge in [0.2, 0.25) is 0 Å². The number of esters is 1. The van der Waals surface area contributed by atoms with Gasteiger partial charge in [0, 0.05) is 0 Å². The quantitative estimate of drug-likeness (QED) is 0.635. The van der Waals surface area contributed by atoms with E-state index in [2.05, 4.69) is 9.47 Å². The monoisotopic (exact) mass is 295 g/mol. The number of nitrogens with zero attached hydrogens (tertiary/aromatic N) is 1. The Hall–Kier alpha value is -2.37. The molecule has 0 aromatic heterocycles. The van der Waals surface area contributed by atoms with E-state index in [4.69, 9.17) is 5.26 Å². The second-order valence-electron chi connectivity index (χ2n) is 3.38. The van der Waals surface area contributed by atoms with Crippen LogP contribution in [0.5, 0.6) is 5.75 Å². The van der Waals surface area contributed by atoms with Crippen LogP contribution in [0.2, 0.25) is 0 Å². The molecule has 0 fully saturated rings. The molecule has 0 bridgehead atoms. The van der Waals surface area contributed by atoms with Crippen LogP contribution < -0.4 is 4.74 Å². The van der Waals surface area contributed by atoms with Crippen LogP contribution in [0.15, 0.2) is 12.1 Å². The molecule has 1 aromatic rings. The topological polar surface area (TPSA) is 59.3 Å². The summed E-state index contributed by atoms with van der Waals surface area (Å²) in [6.45, 7) is -3.46. The van der Waals surface area contributed by atoms with Gasteiger partial charge in [0.15, 0.2) is 0 Å². The largest absolute Gasteiger partial charge is 0.465 e. The standard InChI is InChI=1S/C11H6F5NO3/c1-19-9(18)8-5(4-17)2-6(11(14,15)16)3-7(8)20-10(12)13/h2-3,10H,1H3. The van der Waals surface area contributed by atoms with E-state index in [9.17, 15) is 26.7 Å². The molecule has 0 N–H and O–H groups in total. The molecule has 20 heavy (non-hydrogen) atoms. The van der Waals surface area contributed by atoms with E-state index in [1.165, 1.54) is 6.07 Å². The highest BCUT2D eigenvalue weighted by Gasteiger charge is 2.34. The molecule has 0 amide bonds. The summed E-state index contributed by atoms with van der Waals surface area (Å²) in [7, 11) is 0.882. The van der Waals surface area contributed by atoms with E-state index in [-0.39, 0.29) is 6.07 Å². The van der Waals surface area contributed by atoms with Crippen LogP contribution in [0.1, 0.15) is 21.5 Å². The lowest BCUT2D eigenvalue weighted by atomic mass is 10.0. The van der Waals surface area contributed by atoms with Crippen LogP contribution in [0, 0.1) is 11.3 Å². The first-order chi connectivity index (χ1) is 9.20. The molecular formula is C11H6F5NO3. The number of carbonyl (C=O) groups is 1. The molecule has 1 rings (SSSR count). The van der Waals surface area contributed by atoms with Crippen molar-refractivity contribution in [2.75, 3.05) is 7.11 Å². The lowest BCUT2D eigenvalue weighted by Crippen LogP contribution is -2.14. The summed E-state index contributed by atoms with van der Waals surface area (Å²) in [6.07, 6.45) is -4.89. The van der Waals surface area contributed by atoms with Crippen molar-refractivity contribution >= 4 is 5.97 Å². The molecule has 0 unspecified atom stereocenters. The minimum Gasteiger partial charge on any atom is -0.465 e. The van der Waals surface area contributed by atoms with Gasteiger partial charge >= 0.3 is 18.8 Å². The summed E-state index contributed by atoms with van der Waals surface area (Å²) in [4.78, 5) is 11.4. The van der Waals surface area contributed by atoms with Gasteiger partial charge in [-0.05, 0) is 12.1 Å². The Balaban J connectivity index is 3.57. The highest BCUT2D eigenvalue weighted by atomic mass is 19.4. The van der Waals surface area contributed by atoms with Gasteiger partial charge in [0.25, 0.3) is 0 Å². The highest BCUT2D eigenvalue weighted by Crippen LogP contribution is 2.35. The van der Waals surface area contributed by atoms with Crippen molar-refractivity contribution in [2.45, 2.75) is 12.8 Å². The number of carbonyl (C=O) groups excluding carboxylic acids is 1. The van der Waals surface area contributed by atoms with Crippen molar-refractivity contribution in [3.05, 3.63) is 28.8 Å². The minimum atomic E-state index is -4.89. The van der Waals surface area contributed by atoms with Gasteiger partial charge in [0.05, 0.1) is 18.2 Å². The highest BCUT2D eigenvalue weighted by molar-refractivity contribution is 5.95. The molecule has 1 aromatic carbocycles. The number of nitriles is 1. The normalized spacial score (nSPS) is 11.1. The first kappa shape index (κ1) is 15.7. The number of halogens is 5. The molecule has 0 heterocycles. The SMILES string of the molecule is COC(=O)c1c(C#N)cc(C(F)(F)F)cc1OC(F)F. The molecule has 0 radical (unpaired) electrons. The first-order valence-corrected chi connectivity index (χ1v) is 4.89. The Bertz CT molecular complexity index is 562. The summed E-state index contributed by atoms with van der Waals surface area (Å²) in [5, 5.41) is 8.74. The van der Waals surface area contributed by atoms with Gasteiger partial charge in [-0.3, -0.25) is 0 Å². The average Bonchev–Trinajstić information content (AvgIpc) is 2.35. The van der Waals surface area contributed by atoms with E-state index in [0.717, 1.165) is 7.11 Å². The van der Waals surface area contributed by atoms with Crippen LogP contribution >= 0.6 is 0 Å². The maximum atomic E-state index is 12.6. The van der Waals surface area contributed by atoms with E-state index >= 15 is 0 Å². The van der Waals surface area contributed by atoms with Crippen molar-refractivity contribution in [2.24, 2.45) is 0 Å². The number of rotatable bonds is 3. The minimum absolute atomic E-state index is 0.208. The van der Waals surface area contributed by atoms with Crippen molar-refractivity contribution in [3.8, 4) is 11.8 Å². The van der Waals surface area contributed by atoms with E-state index in [0.29, 0.717) is 6.07 Å². The maximum Gasteiger partial charge on any atom is 0.416 e. The molecule has 0 atom stereocenters. The molecular weight excluding hydrogens is 289 g/mol. The molecule has 108 valence electrons. The summed E-state index contributed by atoms with van der Waals surface area (Å²) < 4.78 is 70.2. The first-order valence-electron chi connectivity index (χ1n) is 4.89. The van der Waals surface area contributed by atoms with E-state index in [1.54, 1.807) is 0 Å². The average molecular weight is 295 g/mol. The molecule has 9 heteroatoms. The van der Waals surface area contributed by atoms with Gasteiger partial charge in [-0.15, -0.1) is 0 Å². The molecule has 0 saturated carbocycles. The second kappa shape index (κ2) is 5.73. The molecule has 0 aliphatic rings. The summed E-state index contributed by atoms with van der Waals surface area (Å²) in [6, 6.07) is 1.87. The predicted molar refractivity (Wildman–Crippen MR) is 54.1 cm³/mol. The summed E-state index contributed by atoms with van der Waals surface area (Å²) in [5.74, 6) is -2.33. The smallest absolute Gasteiger partial charge is 0.416 e. The zero-order chi connectivity index (χ0) is 15.5. The molecule has 0 saturated heterocycles. The Morgan fingerprint density at radius 3 is 2.35 bits per heavy atom. The summed E-state index contributed by atoms with van der Waals surface area (Å²) in [5.41, 5.74) is -2.96. The lowest BCUT2D eigenvalue weighted by molar-refractivity contribution is -0.138. The molecule has 4 nitrogen and oxygen atoms in total. The Kier molecular flexibility index (Phi) is 4.49. The van der Waals surface area contributed by atoms with E-state index < -0.39 is 41.2 Å². The van der Waals surface area contributed by atoms with Crippen molar-refractivity contribution in [1.29, 1.82) is 5.26 Å². The van der Waals surface area contributed by atoms with Gasteiger partial charge in [-0.25, -0.2) is 4.79 Å². The van der Waals surface area contributed by atoms with Crippen LogP contribution in [-0.4, -0.2) is 19.7 Å².